The smallest absolute Gasteiger partial charge is 0.339 e. The minimum Gasteiger partial charge on any atom is -0.504 e. The number of hydrogen-bond acceptors (Lipinski definition) is 5. The first-order valence-corrected chi connectivity index (χ1v) is 7.07. The number of nitrogens with zero attached hydrogens (tertiary/aromatic N) is 2. The van der Waals surface area contributed by atoms with Gasteiger partial charge in [0.2, 0.25) is 5.82 Å². The lowest BCUT2D eigenvalue weighted by molar-refractivity contribution is 0.0691. The molecule has 0 fully saturated rings. The third-order valence-electron chi connectivity index (χ3n) is 3.53. The zero-order valence-corrected chi connectivity index (χ0v) is 12.7. The number of aromatic hydroxyl groups is 2. The summed E-state index contributed by atoms with van der Waals surface area (Å²) in [5.41, 5.74) is -2.02. The Kier molecular flexibility index (Phi) is 4.21. The Balaban J connectivity index is 2.33. The molecule has 0 unspecified atom stereocenters. The number of carboxylic acid groups (broad SMARTS) is 1. The van der Waals surface area contributed by atoms with Crippen LogP contribution in [0.1, 0.15) is 10.4 Å². The number of benzene rings is 2. The lowest BCUT2D eigenvalue weighted by Gasteiger charge is -2.11. The average molecular weight is 362 g/mol. The van der Waals surface area contributed by atoms with Crippen molar-refractivity contribution in [3.8, 4) is 34.1 Å². The number of carbonyl (C=O) groups is 1. The van der Waals surface area contributed by atoms with Crippen LogP contribution < -0.4 is 0 Å². The Morgan fingerprint density at radius 3 is 2.23 bits per heavy atom. The highest BCUT2D eigenvalue weighted by atomic mass is 19.2. The number of phenols is 2. The Morgan fingerprint density at radius 2 is 1.62 bits per heavy atom. The summed E-state index contributed by atoms with van der Waals surface area (Å²) in [4.78, 5) is 18.3. The standard InChI is InChI=1S/C17H9F3N2O4/c18-11-10(17(25)26)8(6-9(23)14(11)24)16-21-13(12(19)15(20)22-16)7-4-2-1-3-5-7/h1-6,23-24H,(H,25,26). The van der Waals surface area contributed by atoms with E-state index >= 15 is 0 Å². The first-order valence-electron chi connectivity index (χ1n) is 7.07. The van der Waals surface area contributed by atoms with Crippen LogP contribution >= 0.6 is 0 Å². The molecule has 0 aliphatic heterocycles. The van der Waals surface area contributed by atoms with E-state index < -0.39 is 57.7 Å². The fourth-order valence-electron chi connectivity index (χ4n) is 2.34. The second-order valence-corrected chi connectivity index (χ2v) is 5.15. The van der Waals surface area contributed by atoms with Crippen molar-refractivity contribution in [3.05, 3.63) is 59.5 Å². The molecule has 3 N–H and O–H groups in total. The quantitative estimate of drug-likeness (QED) is 0.488. The molecular weight excluding hydrogens is 353 g/mol. The zero-order chi connectivity index (χ0) is 19.0. The van der Waals surface area contributed by atoms with Crippen LogP contribution in [-0.2, 0) is 0 Å². The molecule has 0 bridgehead atoms. The number of hydrogen-bond donors (Lipinski definition) is 3. The van der Waals surface area contributed by atoms with E-state index in [2.05, 4.69) is 9.97 Å². The predicted molar refractivity (Wildman–Crippen MR) is 83.1 cm³/mol. The fourth-order valence-corrected chi connectivity index (χ4v) is 2.34. The van der Waals surface area contributed by atoms with Crippen LogP contribution in [0, 0.1) is 17.6 Å². The van der Waals surface area contributed by atoms with E-state index in [0.717, 1.165) is 0 Å². The molecule has 0 aliphatic rings. The van der Waals surface area contributed by atoms with Crippen LogP contribution in [0.25, 0.3) is 22.6 Å². The van der Waals surface area contributed by atoms with Crippen molar-refractivity contribution in [3.63, 3.8) is 0 Å². The molecule has 0 radical (unpaired) electrons. The highest BCUT2D eigenvalue weighted by Gasteiger charge is 2.27. The Labute approximate surface area is 143 Å². The second-order valence-electron chi connectivity index (χ2n) is 5.15. The minimum atomic E-state index is -1.82. The van der Waals surface area contributed by atoms with Gasteiger partial charge in [-0.15, -0.1) is 0 Å². The minimum absolute atomic E-state index is 0.174. The van der Waals surface area contributed by atoms with E-state index in [1.807, 2.05) is 0 Å². The van der Waals surface area contributed by atoms with Gasteiger partial charge in [0.1, 0.15) is 11.3 Å². The van der Waals surface area contributed by atoms with E-state index in [1.54, 1.807) is 18.2 Å². The lowest BCUT2D eigenvalue weighted by atomic mass is 10.0. The number of phenolic OH excluding ortho intramolecular Hbond substituents is 2. The van der Waals surface area contributed by atoms with Crippen molar-refractivity contribution in [2.75, 3.05) is 0 Å². The number of carboxylic acids is 1. The monoisotopic (exact) mass is 362 g/mol. The molecule has 0 amide bonds. The third-order valence-corrected chi connectivity index (χ3v) is 3.53. The van der Waals surface area contributed by atoms with E-state index in [-0.39, 0.29) is 5.56 Å². The molecule has 0 aliphatic carbocycles. The second kappa shape index (κ2) is 6.36. The first-order chi connectivity index (χ1) is 12.3. The normalized spacial score (nSPS) is 10.7. The van der Waals surface area contributed by atoms with Crippen molar-refractivity contribution >= 4 is 5.97 Å². The maximum absolute atomic E-state index is 14.1. The van der Waals surface area contributed by atoms with Crippen molar-refractivity contribution in [1.29, 1.82) is 0 Å². The van der Waals surface area contributed by atoms with Crippen LogP contribution in [0.2, 0.25) is 0 Å². The SMILES string of the molecule is O=C(O)c1c(-c2nc(F)c(F)c(-c3ccccc3)n2)cc(O)c(O)c1F. The molecule has 26 heavy (non-hydrogen) atoms. The van der Waals surface area contributed by atoms with Gasteiger partial charge in [-0.2, -0.15) is 13.8 Å². The van der Waals surface area contributed by atoms with Gasteiger partial charge in [0.15, 0.2) is 23.1 Å². The van der Waals surface area contributed by atoms with E-state index in [1.165, 1.54) is 12.1 Å². The topological polar surface area (TPSA) is 104 Å². The maximum atomic E-state index is 14.1. The number of halogens is 3. The van der Waals surface area contributed by atoms with Gasteiger partial charge in [-0.25, -0.2) is 14.2 Å². The molecule has 9 heteroatoms. The molecular formula is C17H9F3N2O4. The number of aromatic nitrogens is 2. The van der Waals surface area contributed by atoms with Crippen LogP contribution in [0.3, 0.4) is 0 Å². The molecule has 3 aromatic rings. The van der Waals surface area contributed by atoms with Gasteiger partial charge in [0, 0.05) is 11.1 Å². The molecule has 0 atom stereocenters. The predicted octanol–water partition coefficient (Wildman–Crippen LogP) is 3.34. The van der Waals surface area contributed by atoms with E-state index in [4.69, 9.17) is 0 Å². The Hall–Kier alpha value is -3.62. The van der Waals surface area contributed by atoms with Gasteiger partial charge in [-0.05, 0) is 6.07 Å². The molecule has 0 spiro atoms. The van der Waals surface area contributed by atoms with Crippen LogP contribution in [0.5, 0.6) is 11.5 Å². The van der Waals surface area contributed by atoms with Gasteiger partial charge in [0.25, 0.3) is 5.95 Å². The molecule has 3 rings (SSSR count). The van der Waals surface area contributed by atoms with Crippen molar-refractivity contribution in [1.82, 2.24) is 9.97 Å². The lowest BCUT2D eigenvalue weighted by Crippen LogP contribution is -2.08. The largest absolute Gasteiger partial charge is 0.504 e. The molecule has 2 aromatic carbocycles. The maximum Gasteiger partial charge on any atom is 0.339 e. The molecule has 1 aromatic heterocycles. The van der Waals surface area contributed by atoms with Crippen LogP contribution in [0.15, 0.2) is 36.4 Å². The number of aromatic carboxylic acids is 1. The summed E-state index contributed by atoms with van der Waals surface area (Å²) < 4.78 is 42.1. The summed E-state index contributed by atoms with van der Waals surface area (Å²) in [5, 5.41) is 28.1. The Morgan fingerprint density at radius 1 is 0.962 bits per heavy atom. The van der Waals surface area contributed by atoms with Crippen LogP contribution in [0.4, 0.5) is 13.2 Å². The summed E-state index contributed by atoms with van der Waals surface area (Å²) in [5.74, 6) is -9.40. The average Bonchev–Trinajstić information content (AvgIpc) is 2.62. The molecule has 0 saturated carbocycles. The molecule has 6 nitrogen and oxygen atoms in total. The van der Waals surface area contributed by atoms with Crippen LogP contribution in [-0.4, -0.2) is 31.3 Å². The van der Waals surface area contributed by atoms with Gasteiger partial charge in [0.05, 0.1) is 0 Å². The highest BCUT2D eigenvalue weighted by molar-refractivity contribution is 5.96. The van der Waals surface area contributed by atoms with E-state index in [9.17, 15) is 33.3 Å². The van der Waals surface area contributed by atoms with Gasteiger partial charge in [-0.3, -0.25) is 0 Å². The highest BCUT2D eigenvalue weighted by Crippen LogP contribution is 2.37. The van der Waals surface area contributed by atoms with Gasteiger partial charge < -0.3 is 15.3 Å². The summed E-state index contributed by atoms with van der Waals surface area (Å²) in [6.07, 6.45) is 0. The summed E-state index contributed by atoms with van der Waals surface area (Å²) in [6, 6.07) is 8.24. The zero-order valence-electron chi connectivity index (χ0n) is 12.7. The molecule has 132 valence electrons. The number of rotatable bonds is 3. The molecule has 1 heterocycles. The van der Waals surface area contributed by atoms with Crippen molar-refractivity contribution in [2.24, 2.45) is 0 Å². The first kappa shape index (κ1) is 17.2. The molecule has 0 saturated heterocycles. The fraction of sp³-hybridized carbons (Fsp3) is 0. The van der Waals surface area contributed by atoms with E-state index in [0.29, 0.717) is 6.07 Å². The Bertz CT molecular complexity index is 1030. The van der Waals surface area contributed by atoms with Gasteiger partial charge >= 0.3 is 5.97 Å². The van der Waals surface area contributed by atoms with Crippen molar-refractivity contribution < 1.29 is 33.3 Å². The van der Waals surface area contributed by atoms with Gasteiger partial charge in [-0.1, -0.05) is 30.3 Å². The van der Waals surface area contributed by atoms with Crippen molar-refractivity contribution in [2.45, 2.75) is 0 Å². The summed E-state index contributed by atoms with van der Waals surface area (Å²) >= 11 is 0. The summed E-state index contributed by atoms with van der Waals surface area (Å²) in [7, 11) is 0. The summed E-state index contributed by atoms with van der Waals surface area (Å²) in [6.45, 7) is 0. The third kappa shape index (κ3) is 2.79.